The molecule has 0 amide bonds. The summed E-state index contributed by atoms with van der Waals surface area (Å²) in [6, 6.07) is 1.76. The number of morpholine rings is 1. The van der Waals surface area contributed by atoms with Crippen molar-refractivity contribution in [2.75, 3.05) is 29.8 Å². The van der Waals surface area contributed by atoms with E-state index in [0.29, 0.717) is 28.7 Å². The Kier molecular flexibility index (Phi) is 6.50. The summed E-state index contributed by atoms with van der Waals surface area (Å²) in [6.45, 7) is 1.62. The summed E-state index contributed by atoms with van der Waals surface area (Å²) in [5.41, 5.74) is 0.299. The zero-order valence-electron chi connectivity index (χ0n) is 17.6. The summed E-state index contributed by atoms with van der Waals surface area (Å²) in [5, 5.41) is 7.61. The fourth-order valence-corrected chi connectivity index (χ4v) is 6.51. The van der Waals surface area contributed by atoms with E-state index in [4.69, 9.17) is 20.8 Å². The molecular formula is C19H19ClF2N6O4S2. The molecule has 5 rings (SSSR count). The van der Waals surface area contributed by atoms with Gasteiger partial charge < -0.3 is 9.15 Å². The molecule has 2 fully saturated rings. The Bertz CT molecular complexity index is 1270. The number of ether oxygens (including phenoxy) is 1. The molecule has 0 aliphatic carbocycles. The second-order valence-electron chi connectivity index (χ2n) is 7.89. The van der Waals surface area contributed by atoms with Crippen LogP contribution < -0.4 is 4.31 Å². The van der Waals surface area contributed by atoms with Crippen molar-refractivity contribution in [3.05, 3.63) is 40.6 Å². The molecule has 0 spiro atoms. The number of thiazole rings is 1. The molecule has 0 saturated carbocycles. The highest BCUT2D eigenvalue weighted by atomic mass is 35.5. The van der Waals surface area contributed by atoms with Crippen molar-refractivity contribution in [1.82, 2.24) is 25.1 Å². The molecule has 15 heteroatoms. The lowest BCUT2D eigenvalue weighted by Crippen LogP contribution is -2.42. The third-order valence-corrected chi connectivity index (χ3v) is 8.52. The average molecular weight is 533 g/mol. The van der Waals surface area contributed by atoms with E-state index in [-0.39, 0.29) is 35.4 Å². The van der Waals surface area contributed by atoms with Crippen LogP contribution in [0.4, 0.5) is 14.5 Å². The first kappa shape index (κ1) is 23.5. The van der Waals surface area contributed by atoms with Gasteiger partial charge in [0.15, 0.2) is 0 Å². The highest BCUT2D eigenvalue weighted by molar-refractivity contribution is 7.92. The van der Waals surface area contributed by atoms with E-state index in [1.54, 1.807) is 0 Å². The minimum atomic E-state index is -3.79. The van der Waals surface area contributed by atoms with Crippen LogP contribution in [0.2, 0.25) is 5.02 Å². The van der Waals surface area contributed by atoms with E-state index in [1.807, 2.05) is 0 Å². The number of anilines is 1. The van der Waals surface area contributed by atoms with Gasteiger partial charge in [0.1, 0.15) is 9.88 Å². The van der Waals surface area contributed by atoms with Crippen LogP contribution in [0.25, 0.3) is 10.8 Å². The normalized spacial score (nSPS) is 20.5. The molecule has 0 unspecified atom stereocenters. The lowest BCUT2D eigenvalue weighted by molar-refractivity contribution is 0.0332. The number of pyridine rings is 1. The summed E-state index contributed by atoms with van der Waals surface area (Å²) in [5.74, 6) is -1.01. The highest BCUT2D eigenvalue weighted by Gasteiger charge is 2.39. The Hall–Kier alpha value is -2.26. The van der Waals surface area contributed by atoms with Gasteiger partial charge in [-0.25, -0.2) is 13.4 Å². The largest absolute Gasteiger partial charge is 0.414 e. The van der Waals surface area contributed by atoms with Crippen molar-refractivity contribution >= 4 is 38.6 Å². The van der Waals surface area contributed by atoms with E-state index in [1.165, 1.54) is 29.0 Å². The molecular weight excluding hydrogens is 514 g/mol. The van der Waals surface area contributed by atoms with Gasteiger partial charge >= 0.3 is 6.43 Å². The van der Waals surface area contributed by atoms with Crippen LogP contribution in [0.15, 0.2) is 29.1 Å². The van der Waals surface area contributed by atoms with Crippen LogP contribution in [0.5, 0.6) is 0 Å². The van der Waals surface area contributed by atoms with E-state index in [2.05, 4.69) is 25.1 Å². The molecule has 5 heterocycles. The van der Waals surface area contributed by atoms with E-state index in [0.717, 1.165) is 24.3 Å². The Morgan fingerprint density at radius 1 is 1.29 bits per heavy atom. The number of aromatic nitrogens is 4. The fraction of sp³-hybridized carbons (Fsp3) is 0.474. The van der Waals surface area contributed by atoms with Crippen molar-refractivity contribution < 1.29 is 26.4 Å². The number of halogens is 3. The first-order valence-corrected chi connectivity index (χ1v) is 13.1. The summed E-state index contributed by atoms with van der Waals surface area (Å²) in [4.78, 5) is 10.7. The first-order valence-electron chi connectivity index (χ1n) is 10.3. The molecule has 0 N–H and O–H groups in total. The number of nitrogens with zero attached hydrogens (tertiary/aromatic N) is 6. The lowest BCUT2D eigenvalue weighted by atomic mass is 10.2. The molecule has 3 aromatic rings. The van der Waals surface area contributed by atoms with Gasteiger partial charge in [-0.15, -0.1) is 21.5 Å². The van der Waals surface area contributed by atoms with Crippen molar-refractivity contribution in [2.24, 2.45) is 0 Å². The summed E-state index contributed by atoms with van der Waals surface area (Å²) < 4.78 is 64.1. The molecule has 182 valence electrons. The topological polar surface area (TPSA) is 115 Å². The van der Waals surface area contributed by atoms with Crippen LogP contribution in [0.3, 0.4) is 0 Å². The van der Waals surface area contributed by atoms with E-state index >= 15 is 0 Å². The van der Waals surface area contributed by atoms with Crippen molar-refractivity contribution in [2.45, 2.75) is 31.5 Å². The van der Waals surface area contributed by atoms with Gasteiger partial charge in [0, 0.05) is 25.3 Å². The summed E-state index contributed by atoms with van der Waals surface area (Å²) in [7, 11) is -3.79. The van der Waals surface area contributed by atoms with Crippen LogP contribution >= 0.6 is 22.9 Å². The molecule has 10 nitrogen and oxygen atoms in total. The van der Waals surface area contributed by atoms with Gasteiger partial charge in [-0.1, -0.05) is 11.6 Å². The maximum atomic E-state index is 13.4. The molecule has 2 aliphatic heterocycles. The number of hydrogen-bond donors (Lipinski definition) is 0. The Morgan fingerprint density at radius 2 is 2.15 bits per heavy atom. The standard InChI is InChI=1S/C19H19ClF2N6O4S2/c20-11-3-12(6-23-5-11)28(34(29,30)2-1-27-8-14-4-13(27)10-31-14)9-16-24-7-15(33-16)18-25-26-19(32-18)17(21)22/h3,5-7,13-14,17H,1-2,4,8-10H2/t13-,14-/m1/s1. The number of fused-ring (bicyclic) bond motifs is 2. The van der Waals surface area contributed by atoms with Gasteiger partial charge in [-0.05, 0) is 12.5 Å². The van der Waals surface area contributed by atoms with Crippen LogP contribution in [-0.4, -0.2) is 71.1 Å². The third kappa shape index (κ3) is 4.91. The second kappa shape index (κ2) is 9.41. The van der Waals surface area contributed by atoms with Crippen LogP contribution in [0, 0.1) is 0 Å². The van der Waals surface area contributed by atoms with Crippen molar-refractivity contribution in [3.8, 4) is 10.8 Å². The molecule has 3 aromatic heterocycles. The van der Waals surface area contributed by atoms with Gasteiger partial charge in [0.05, 0.1) is 48.1 Å². The monoisotopic (exact) mass is 532 g/mol. The van der Waals surface area contributed by atoms with Gasteiger partial charge in [0.2, 0.25) is 10.0 Å². The van der Waals surface area contributed by atoms with Crippen molar-refractivity contribution in [3.63, 3.8) is 0 Å². The predicted molar refractivity (Wildman–Crippen MR) is 119 cm³/mol. The molecule has 2 bridgehead atoms. The number of hydrogen-bond acceptors (Lipinski definition) is 10. The van der Waals surface area contributed by atoms with E-state index < -0.39 is 22.3 Å². The quantitative estimate of drug-likeness (QED) is 0.410. The predicted octanol–water partition coefficient (Wildman–Crippen LogP) is 2.99. The number of alkyl halides is 2. The molecule has 2 saturated heterocycles. The molecule has 34 heavy (non-hydrogen) atoms. The minimum Gasteiger partial charge on any atom is -0.414 e. The maximum absolute atomic E-state index is 13.4. The summed E-state index contributed by atoms with van der Waals surface area (Å²) in [6.07, 6.45) is 2.41. The molecule has 0 aromatic carbocycles. The van der Waals surface area contributed by atoms with Gasteiger partial charge in [-0.3, -0.25) is 14.2 Å². The third-order valence-electron chi connectivity index (χ3n) is 5.64. The Labute approximate surface area is 202 Å². The lowest BCUT2D eigenvalue weighted by Gasteiger charge is -2.28. The second-order valence-corrected chi connectivity index (χ2v) is 11.5. The summed E-state index contributed by atoms with van der Waals surface area (Å²) >= 11 is 7.14. The highest BCUT2D eigenvalue weighted by Crippen LogP contribution is 2.31. The van der Waals surface area contributed by atoms with Crippen LogP contribution in [0.1, 0.15) is 23.7 Å². The number of likely N-dealkylation sites (tertiary alicyclic amines) is 1. The van der Waals surface area contributed by atoms with Crippen LogP contribution in [-0.2, 0) is 21.3 Å². The molecule has 2 aliphatic rings. The van der Waals surface area contributed by atoms with Crippen molar-refractivity contribution in [1.29, 1.82) is 0 Å². The fourth-order valence-electron chi connectivity index (χ4n) is 4.01. The molecule has 0 radical (unpaired) electrons. The minimum absolute atomic E-state index is 0.0972. The van der Waals surface area contributed by atoms with E-state index in [9.17, 15) is 17.2 Å². The smallest absolute Gasteiger partial charge is 0.314 e. The Morgan fingerprint density at radius 3 is 2.82 bits per heavy atom. The van der Waals surface area contributed by atoms with Gasteiger partial charge in [-0.2, -0.15) is 8.78 Å². The zero-order chi connectivity index (χ0) is 23.9. The number of sulfonamides is 1. The average Bonchev–Trinajstić information content (AvgIpc) is 3.60. The first-order chi connectivity index (χ1) is 16.3. The number of rotatable bonds is 9. The Balaban J connectivity index is 1.36. The SMILES string of the molecule is O=S(=O)(CCN1C[C@H]2C[C@@H]1CO2)N(Cc1ncc(-c2nnc(C(F)F)o2)s1)c1cncc(Cl)c1. The van der Waals surface area contributed by atoms with Gasteiger partial charge in [0.25, 0.3) is 11.8 Å². The molecule has 2 atom stereocenters. The zero-order valence-corrected chi connectivity index (χ0v) is 19.9. The maximum Gasteiger partial charge on any atom is 0.314 e.